The van der Waals surface area contributed by atoms with Crippen LogP contribution in [0.25, 0.3) is 77.3 Å². The molecule has 42 heavy (non-hydrogen) atoms. The molecular weight excluding hydrogens is 510 g/mol. The molecule has 196 valence electrons. The van der Waals surface area contributed by atoms with Crippen molar-refractivity contribution in [2.75, 3.05) is 0 Å². The van der Waals surface area contributed by atoms with Gasteiger partial charge in [-0.3, -0.25) is 4.40 Å². The predicted octanol–water partition coefficient (Wildman–Crippen LogP) is 10.1. The van der Waals surface area contributed by atoms with Crippen molar-refractivity contribution >= 4 is 49.0 Å². The Labute approximate surface area is 242 Å². The summed E-state index contributed by atoms with van der Waals surface area (Å²) in [6, 6.07) is 54.1. The van der Waals surface area contributed by atoms with E-state index in [1.165, 1.54) is 38.0 Å². The maximum absolute atomic E-state index is 5.38. The minimum Gasteiger partial charge on any atom is -0.309 e. The highest BCUT2D eigenvalue weighted by Gasteiger charge is 2.22. The molecule has 0 aliphatic rings. The highest BCUT2D eigenvalue weighted by atomic mass is 15.0. The fourth-order valence-corrected chi connectivity index (χ4v) is 6.67. The Balaban J connectivity index is 1.54. The number of pyridine rings is 1. The van der Waals surface area contributed by atoms with E-state index >= 15 is 0 Å². The first kappa shape index (κ1) is 23.1. The van der Waals surface area contributed by atoms with E-state index in [1.807, 2.05) is 0 Å². The van der Waals surface area contributed by atoms with E-state index in [0.717, 1.165) is 39.4 Å². The number of fused-ring (bicyclic) bond motifs is 9. The summed E-state index contributed by atoms with van der Waals surface area (Å²) >= 11 is 0. The van der Waals surface area contributed by atoms with Gasteiger partial charge in [0.2, 0.25) is 0 Å². The van der Waals surface area contributed by atoms with Crippen molar-refractivity contribution < 1.29 is 0 Å². The van der Waals surface area contributed by atoms with E-state index in [4.69, 9.17) is 4.98 Å². The molecule has 0 radical (unpaired) electrons. The summed E-state index contributed by atoms with van der Waals surface area (Å²) in [6.45, 7) is 0. The van der Waals surface area contributed by atoms with E-state index in [0.29, 0.717) is 0 Å². The molecular formula is C39H25N3. The smallest absolute Gasteiger partial charge is 0.145 e. The molecule has 0 spiro atoms. The SMILES string of the molecule is c1ccc(-c2nc(-c3ccccc3)n3c4ccccc4c4cc5c(cc4c23)c2ccccc2n5-c2ccccc2)cc1. The lowest BCUT2D eigenvalue weighted by Crippen LogP contribution is -1.96. The molecule has 3 heteroatoms. The number of benzene rings is 6. The van der Waals surface area contributed by atoms with Gasteiger partial charge in [-0.15, -0.1) is 0 Å². The zero-order valence-electron chi connectivity index (χ0n) is 22.8. The standard InChI is InChI=1S/C39H25N3/c1-4-14-26(15-5-1)37-38-33-24-32-30-21-11-12-22-34(30)41(28-18-8-3-9-19-28)36(32)25-31(33)29-20-10-13-23-35(29)42(38)39(40-37)27-16-6-2-7-17-27/h1-25H. The third-order valence-corrected chi connectivity index (χ3v) is 8.47. The Morgan fingerprint density at radius 3 is 1.69 bits per heavy atom. The molecule has 0 saturated carbocycles. The number of hydrogen-bond donors (Lipinski definition) is 0. The van der Waals surface area contributed by atoms with Crippen LogP contribution >= 0.6 is 0 Å². The molecule has 0 bridgehead atoms. The molecule has 0 saturated heterocycles. The Kier molecular flexibility index (Phi) is 4.90. The molecule has 0 fully saturated rings. The van der Waals surface area contributed by atoms with Gasteiger partial charge in [0.05, 0.1) is 27.8 Å². The molecule has 0 aliphatic carbocycles. The molecule has 0 amide bonds. The summed E-state index contributed by atoms with van der Waals surface area (Å²) < 4.78 is 4.77. The normalized spacial score (nSPS) is 11.8. The maximum atomic E-state index is 5.38. The number of rotatable bonds is 3. The first-order valence-electron chi connectivity index (χ1n) is 14.3. The second-order valence-electron chi connectivity index (χ2n) is 10.8. The summed E-state index contributed by atoms with van der Waals surface area (Å²) in [5.74, 6) is 0.953. The zero-order chi connectivity index (χ0) is 27.6. The van der Waals surface area contributed by atoms with Crippen LogP contribution in [0.15, 0.2) is 152 Å². The number of hydrogen-bond acceptors (Lipinski definition) is 1. The molecule has 0 atom stereocenters. The minimum atomic E-state index is 0.953. The average Bonchev–Trinajstić information content (AvgIpc) is 3.62. The van der Waals surface area contributed by atoms with Gasteiger partial charge in [0.1, 0.15) is 5.82 Å². The molecule has 3 nitrogen and oxygen atoms in total. The second-order valence-corrected chi connectivity index (χ2v) is 10.8. The van der Waals surface area contributed by atoms with Gasteiger partial charge in [-0.2, -0.15) is 0 Å². The Hall–Kier alpha value is -5.67. The molecule has 0 unspecified atom stereocenters. The van der Waals surface area contributed by atoms with Crippen LogP contribution < -0.4 is 0 Å². The number of imidazole rings is 1. The Morgan fingerprint density at radius 2 is 0.976 bits per heavy atom. The van der Waals surface area contributed by atoms with Gasteiger partial charge in [0.15, 0.2) is 0 Å². The van der Waals surface area contributed by atoms with Crippen LogP contribution in [0, 0.1) is 0 Å². The van der Waals surface area contributed by atoms with Crippen LogP contribution in [0.5, 0.6) is 0 Å². The van der Waals surface area contributed by atoms with Crippen molar-refractivity contribution in [2.24, 2.45) is 0 Å². The molecule has 6 aromatic carbocycles. The summed E-state index contributed by atoms with van der Waals surface area (Å²) in [5.41, 5.74) is 9.05. The van der Waals surface area contributed by atoms with E-state index in [1.54, 1.807) is 0 Å². The lowest BCUT2D eigenvalue weighted by Gasteiger charge is -2.13. The summed E-state index contributed by atoms with van der Waals surface area (Å²) in [4.78, 5) is 5.38. The molecule has 9 rings (SSSR count). The van der Waals surface area contributed by atoms with E-state index in [2.05, 4.69) is 161 Å². The van der Waals surface area contributed by atoms with Gasteiger partial charge >= 0.3 is 0 Å². The fourth-order valence-electron chi connectivity index (χ4n) is 6.67. The molecule has 9 aromatic rings. The van der Waals surface area contributed by atoms with E-state index < -0.39 is 0 Å². The van der Waals surface area contributed by atoms with Crippen LogP contribution in [0.2, 0.25) is 0 Å². The largest absolute Gasteiger partial charge is 0.309 e. The monoisotopic (exact) mass is 535 g/mol. The van der Waals surface area contributed by atoms with Gasteiger partial charge in [0.25, 0.3) is 0 Å². The Morgan fingerprint density at radius 1 is 0.405 bits per heavy atom. The first-order valence-corrected chi connectivity index (χ1v) is 14.3. The van der Waals surface area contributed by atoms with Crippen molar-refractivity contribution in [2.45, 2.75) is 0 Å². The van der Waals surface area contributed by atoms with Crippen molar-refractivity contribution in [3.05, 3.63) is 152 Å². The second kappa shape index (κ2) is 8.92. The third-order valence-electron chi connectivity index (χ3n) is 8.47. The fraction of sp³-hybridized carbons (Fsp3) is 0. The van der Waals surface area contributed by atoms with Crippen molar-refractivity contribution in [1.29, 1.82) is 0 Å². The van der Waals surface area contributed by atoms with Gasteiger partial charge in [-0.25, -0.2) is 4.98 Å². The average molecular weight is 536 g/mol. The van der Waals surface area contributed by atoms with Crippen LogP contribution in [0.1, 0.15) is 0 Å². The maximum Gasteiger partial charge on any atom is 0.145 e. The third kappa shape index (κ3) is 3.25. The van der Waals surface area contributed by atoms with Gasteiger partial charge in [-0.1, -0.05) is 115 Å². The van der Waals surface area contributed by atoms with Gasteiger partial charge in [0, 0.05) is 38.4 Å². The van der Waals surface area contributed by atoms with Crippen LogP contribution in [-0.4, -0.2) is 14.0 Å². The Bertz CT molecular complexity index is 2430. The zero-order valence-corrected chi connectivity index (χ0v) is 22.8. The minimum absolute atomic E-state index is 0.953. The van der Waals surface area contributed by atoms with E-state index in [-0.39, 0.29) is 0 Å². The molecule has 0 aliphatic heterocycles. The first-order chi connectivity index (χ1) is 20.9. The van der Waals surface area contributed by atoms with Crippen LogP contribution in [0.4, 0.5) is 0 Å². The lowest BCUT2D eigenvalue weighted by atomic mass is 9.99. The molecule has 0 N–H and O–H groups in total. The number of nitrogens with zero attached hydrogens (tertiary/aromatic N) is 3. The highest BCUT2D eigenvalue weighted by molar-refractivity contribution is 6.22. The van der Waals surface area contributed by atoms with Crippen LogP contribution in [-0.2, 0) is 0 Å². The molecule has 3 heterocycles. The van der Waals surface area contributed by atoms with Gasteiger partial charge in [-0.05, 0) is 41.8 Å². The number of para-hydroxylation sites is 3. The highest BCUT2D eigenvalue weighted by Crippen LogP contribution is 2.42. The summed E-state index contributed by atoms with van der Waals surface area (Å²) in [6.07, 6.45) is 0. The number of aromatic nitrogens is 3. The topological polar surface area (TPSA) is 22.2 Å². The molecule has 3 aromatic heterocycles. The summed E-state index contributed by atoms with van der Waals surface area (Å²) in [7, 11) is 0. The predicted molar refractivity (Wildman–Crippen MR) is 175 cm³/mol. The lowest BCUT2D eigenvalue weighted by molar-refractivity contribution is 1.18. The summed E-state index contributed by atoms with van der Waals surface area (Å²) in [5, 5.41) is 6.11. The van der Waals surface area contributed by atoms with E-state index in [9.17, 15) is 0 Å². The van der Waals surface area contributed by atoms with Gasteiger partial charge < -0.3 is 4.57 Å². The van der Waals surface area contributed by atoms with Crippen molar-refractivity contribution in [1.82, 2.24) is 14.0 Å². The van der Waals surface area contributed by atoms with Crippen LogP contribution in [0.3, 0.4) is 0 Å². The quantitative estimate of drug-likeness (QED) is 0.206. The van der Waals surface area contributed by atoms with Crippen molar-refractivity contribution in [3.63, 3.8) is 0 Å². The van der Waals surface area contributed by atoms with Crippen molar-refractivity contribution in [3.8, 4) is 28.3 Å².